The summed E-state index contributed by atoms with van der Waals surface area (Å²) in [5, 5.41) is 3.85. The second kappa shape index (κ2) is 6.33. The Hall–Kier alpha value is -2.26. The van der Waals surface area contributed by atoms with E-state index in [4.69, 9.17) is 11.6 Å². The number of H-pyrrole nitrogens is 1. The van der Waals surface area contributed by atoms with Crippen LogP contribution < -0.4 is 5.32 Å². The van der Waals surface area contributed by atoms with E-state index in [-0.39, 0.29) is 11.9 Å². The molecule has 0 radical (unpaired) electrons. The summed E-state index contributed by atoms with van der Waals surface area (Å²) < 4.78 is 0. The van der Waals surface area contributed by atoms with Gasteiger partial charge in [-0.25, -0.2) is 0 Å². The molecule has 4 rings (SSSR count). The zero-order valence-corrected chi connectivity index (χ0v) is 14.1. The maximum Gasteiger partial charge on any atom is 0.267 e. The average molecular weight is 339 g/mol. The molecule has 0 saturated carbocycles. The zero-order chi connectivity index (χ0) is 16.5. The summed E-state index contributed by atoms with van der Waals surface area (Å²) in [6.07, 6.45) is 9.44. The highest BCUT2D eigenvalue weighted by Crippen LogP contribution is 2.23. The predicted molar refractivity (Wildman–Crippen MR) is 97.2 cm³/mol. The van der Waals surface area contributed by atoms with Crippen LogP contribution in [-0.4, -0.2) is 16.9 Å². The summed E-state index contributed by atoms with van der Waals surface area (Å²) in [5.41, 5.74) is 5.37. The van der Waals surface area contributed by atoms with Crippen molar-refractivity contribution in [3.8, 4) is 0 Å². The molecular formula is C20H19ClN2O. The second-order valence-electron chi connectivity index (χ2n) is 6.43. The molecule has 1 atom stereocenters. The number of benzene rings is 1. The summed E-state index contributed by atoms with van der Waals surface area (Å²) >= 11 is 6.10. The standard InChI is InChI=1S/C20H19ClN2O/c21-16-6-3-7-18-15(10-16)12-19(23-18)20(24)22-17-9-8-13-4-1-2-5-14(13)11-17/h1-6,10,12,17,23H,7-9,11H2,(H,22,24)/t17-/m1/s1. The number of nitrogens with one attached hydrogen (secondary N) is 2. The first-order valence-electron chi connectivity index (χ1n) is 8.32. The van der Waals surface area contributed by atoms with Gasteiger partial charge < -0.3 is 10.3 Å². The molecule has 0 fully saturated rings. The molecule has 2 aliphatic carbocycles. The molecule has 2 N–H and O–H groups in total. The summed E-state index contributed by atoms with van der Waals surface area (Å²) in [4.78, 5) is 15.8. The molecule has 0 bridgehead atoms. The molecule has 2 aromatic rings. The van der Waals surface area contributed by atoms with Crippen LogP contribution in [0.4, 0.5) is 0 Å². The van der Waals surface area contributed by atoms with Gasteiger partial charge in [0.05, 0.1) is 0 Å². The molecule has 2 aliphatic rings. The van der Waals surface area contributed by atoms with E-state index >= 15 is 0 Å². The maximum atomic E-state index is 12.6. The third-order valence-corrected chi connectivity index (χ3v) is 4.99. The third-order valence-electron chi connectivity index (χ3n) is 4.75. The van der Waals surface area contributed by atoms with E-state index in [1.165, 1.54) is 11.1 Å². The molecule has 1 amide bonds. The van der Waals surface area contributed by atoms with Crippen LogP contribution in [0.15, 0.2) is 47.5 Å². The van der Waals surface area contributed by atoms with Gasteiger partial charge in [0.1, 0.15) is 5.69 Å². The van der Waals surface area contributed by atoms with Crippen LogP contribution in [0.25, 0.3) is 6.08 Å². The van der Waals surface area contributed by atoms with Gasteiger partial charge in [-0.2, -0.15) is 0 Å². The third kappa shape index (κ3) is 3.04. The highest BCUT2D eigenvalue weighted by Gasteiger charge is 2.21. The van der Waals surface area contributed by atoms with Gasteiger partial charge in [0.2, 0.25) is 0 Å². The predicted octanol–water partition coefficient (Wildman–Crippen LogP) is 3.99. The number of hydrogen-bond donors (Lipinski definition) is 2. The minimum Gasteiger partial charge on any atom is -0.354 e. The molecule has 1 heterocycles. The van der Waals surface area contributed by atoms with Crippen LogP contribution in [0.5, 0.6) is 0 Å². The first-order chi connectivity index (χ1) is 11.7. The summed E-state index contributed by atoms with van der Waals surface area (Å²) in [6.45, 7) is 0. The number of aromatic amines is 1. The smallest absolute Gasteiger partial charge is 0.267 e. The van der Waals surface area contributed by atoms with E-state index in [1.807, 2.05) is 24.3 Å². The lowest BCUT2D eigenvalue weighted by Crippen LogP contribution is -2.39. The molecule has 4 heteroatoms. The van der Waals surface area contributed by atoms with Crippen LogP contribution in [0.1, 0.15) is 39.3 Å². The lowest BCUT2D eigenvalue weighted by atomic mass is 9.88. The Labute approximate surface area is 146 Å². The van der Waals surface area contributed by atoms with Gasteiger partial charge >= 0.3 is 0 Å². The summed E-state index contributed by atoms with van der Waals surface area (Å²) in [5.74, 6) is -0.0408. The van der Waals surface area contributed by atoms with Crippen molar-refractivity contribution in [3.63, 3.8) is 0 Å². The number of hydrogen-bond acceptors (Lipinski definition) is 1. The van der Waals surface area contributed by atoms with E-state index in [0.29, 0.717) is 10.7 Å². The van der Waals surface area contributed by atoms with E-state index < -0.39 is 0 Å². The largest absolute Gasteiger partial charge is 0.354 e. The van der Waals surface area contributed by atoms with Crippen molar-refractivity contribution in [1.82, 2.24) is 10.3 Å². The quantitative estimate of drug-likeness (QED) is 0.854. The van der Waals surface area contributed by atoms with E-state index in [1.54, 1.807) is 0 Å². The van der Waals surface area contributed by atoms with Crippen molar-refractivity contribution in [2.24, 2.45) is 0 Å². The van der Waals surface area contributed by atoms with Gasteiger partial charge in [-0.05, 0) is 54.2 Å². The fourth-order valence-corrected chi connectivity index (χ4v) is 3.71. The van der Waals surface area contributed by atoms with Crippen LogP contribution >= 0.6 is 11.6 Å². The van der Waals surface area contributed by atoms with Crippen molar-refractivity contribution in [1.29, 1.82) is 0 Å². The van der Waals surface area contributed by atoms with Crippen molar-refractivity contribution < 1.29 is 4.79 Å². The lowest BCUT2D eigenvalue weighted by molar-refractivity contribution is 0.0929. The Morgan fingerprint density at radius 1 is 1.25 bits per heavy atom. The second-order valence-corrected chi connectivity index (χ2v) is 6.87. The molecule has 24 heavy (non-hydrogen) atoms. The number of carbonyl (C=O) groups is 1. The first-order valence-corrected chi connectivity index (χ1v) is 8.70. The van der Waals surface area contributed by atoms with Crippen molar-refractivity contribution >= 4 is 23.6 Å². The fraction of sp³-hybridized carbons (Fsp3) is 0.250. The van der Waals surface area contributed by atoms with E-state index in [9.17, 15) is 4.79 Å². The Morgan fingerprint density at radius 3 is 2.96 bits per heavy atom. The minimum absolute atomic E-state index is 0.0408. The normalized spacial score (nSPS) is 19.0. The number of aromatic nitrogens is 1. The highest BCUT2D eigenvalue weighted by atomic mass is 35.5. The highest BCUT2D eigenvalue weighted by molar-refractivity contribution is 6.33. The number of aryl methyl sites for hydroxylation is 1. The van der Waals surface area contributed by atoms with Gasteiger partial charge in [-0.15, -0.1) is 0 Å². The number of rotatable bonds is 2. The number of halogens is 1. The van der Waals surface area contributed by atoms with Crippen LogP contribution in [-0.2, 0) is 19.3 Å². The van der Waals surface area contributed by atoms with Crippen LogP contribution in [0.2, 0.25) is 0 Å². The lowest BCUT2D eigenvalue weighted by Gasteiger charge is -2.25. The summed E-state index contributed by atoms with van der Waals surface area (Å²) in [6, 6.07) is 10.6. The molecule has 0 aliphatic heterocycles. The van der Waals surface area contributed by atoms with Gasteiger partial charge in [0.15, 0.2) is 0 Å². The number of fused-ring (bicyclic) bond motifs is 2. The Balaban J connectivity index is 1.48. The number of allylic oxidation sites excluding steroid dienone is 3. The Kier molecular flexibility index (Phi) is 4.03. The number of amides is 1. The Bertz CT molecular complexity index is 847. The molecule has 122 valence electrons. The van der Waals surface area contributed by atoms with Gasteiger partial charge in [0.25, 0.3) is 5.91 Å². The van der Waals surface area contributed by atoms with Crippen molar-refractivity contribution in [2.45, 2.75) is 31.7 Å². The topological polar surface area (TPSA) is 44.9 Å². The molecule has 3 nitrogen and oxygen atoms in total. The van der Waals surface area contributed by atoms with Crippen molar-refractivity contribution in [2.75, 3.05) is 0 Å². The monoisotopic (exact) mass is 338 g/mol. The van der Waals surface area contributed by atoms with Gasteiger partial charge in [-0.3, -0.25) is 4.79 Å². The SMILES string of the molecule is O=C(N[C@@H]1CCc2ccccc2C1)c1cc2c([nH]1)CC=CC(Cl)=C2. The van der Waals surface area contributed by atoms with Crippen LogP contribution in [0, 0.1) is 0 Å². The fourth-order valence-electron chi connectivity index (χ4n) is 3.50. The molecule has 1 aromatic heterocycles. The first kappa shape index (κ1) is 15.3. The van der Waals surface area contributed by atoms with E-state index in [0.717, 1.165) is 36.9 Å². The summed E-state index contributed by atoms with van der Waals surface area (Å²) in [7, 11) is 0. The number of carbonyl (C=O) groups excluding carboxylic acids is 1. The van der Waals surface area contributed by atoms with Crippen LogP contribution in [0.3, 0.4) is 0 Å². The Morgan fingerprint density at radius 2 is 2.08 bits per heavy atom. The maximum absolute atomic E-state index is 12.6. The molecule has 0 saturated heterocycles. The average Bonchev–Trinajstić information content (AvgIpc) is 2.89. The molecule has 0 spiro atoms. The zero-order valence-electron chi connectivity index (χ0n) is 13.3. The molecular weight excluding hydrogens is 320 g/mol. The van der Waals surface area contributed by atoms with Gasteiger partial charge in [0, 0.05) is 23.2 Å². The minimum atomic E-state index is -0.0408. The van der Waals surface area contributed by atoms with E-state index in [2.05, 4.69) is 34.6 Å². The van der Waals surface area contributed by atoms with Gasteiger partial charge in [-0.1, -0.05) is 41.9 Å². The molecule has 0 unspecified atom stereocenters. The molecule has 1 aromatic carbocycles. The van der Waals surface area contributed by atoms with Crippen molar-refractivity contribution in [3.05, 3.63) is 75.6 Å².